The minimum absolute atomic E-state index is 0.000718. The fraction of sp³-hybridized carbons (Fsp3) is 0.462. The van der Waals surface area contributed by atoms with Crippen LogP contribution in [0.15, 0.2) is 23.1 Å². The fourth-order valence-electron chi connectivity index (χ4n) is 2.05. The Kier molecular flexibility index (Phi) is 3.64. The van der Waals surface area contributed by atoms with E-state index in [2.05, 4.69) is 5.32 Å². The van der Waals surface area contributed by atoms with E-state index < -0.39 is 10.0 Å². The van der Waals surface area contributed by atoms with Gasteiger partial charge in [0.1, 0.15) is 0 Å². The van der Waals surface area contributed by atoms with Crippen LogP contribution in [0.2, 0.25) is 0 Å². The van der Waals surface area contributed by atoms with E-state index in [0.29, 0.717) is 17.0 Å². The van der Waals surface area contributed by atoms with Gasteiger partial charge in [0, 0.05) is 11.6 Å². The standard InChI is InChI=1S/C13H18N2O3S/c1-8-3-4-11(7-12(8)19(14,17)18)13(16)15-9(2)10-5-6-10/h3-4,7,9-10H,5-6H2,1-2H3,(H,15,16)(H2,14,17,18). The van der Waals surface area contributed by atoms with E-state index >= 15 is 0 Å². The second kappa shape index (κ2) is 4.94. The SMILES string of the molecule is Cc1ccc(C(=O)NC(C)C2CC2)cc1S(N)(=O)=O. The van der Waals surface area contributed by atoms with E-state index in [1.54, 1.807) is 19.1 Å². The van der Waals surface area contributed by atoms with Gasteiger partial charge in [-0.3, -0.25) is 4.79 Å². The zero-order valence-electron chi connectivity index (χ0n) is 11.0. The van der Waals surface area contributed by atoms with Crippen molar-refractivity contribution in [3.63, 3.8) is 0 Å². The Bertz CT molecular complexity index is 606. The number of rotatable bonds is 4. The quantitative estimate of drug-likeness (QED) is 0.868. The Morgan fingerprint density at radius 3 is 2.58 bits per heavy atom. The molecule has 104 valence electrons. The molecule has 5 nitrogen and oxygen atoms in total. The van der Waals surface area contributed by atoms with E-state index in [0.717, 1.165) is 12.8 Å². The highest BCUT2D eigenvalue weighted by Crippen LogP contribution is 2.32. The Morgan fingerprint density at radius 1 is 1.42 bits per heavy atom. The molecule has 0 aromatic heterocycles. The number of carbonyl (C=O) groups is 1. The second-order valence-corrected chi connectivity index (χ2v) is 6.65. The highest BCUT2D eigenvalue weighted by molar-refractivity contribution is 7.89. The molecule has 0 radical (unpaired) electrons. The summed E-state index contributed by atoms with van der Waals surface area (Å²) in [5.74, 6) is 0.288. The maximum absolute atomic E-state index is 12.0. The predicted molar refractivity (Wildman–Crippen MR) is 72.2 cm³/mol. The van der Waals surface area contributed by atoms with E-state index in [1.807, 2.05) is 6.92 Å². The minimum Gasteiger partial charge on any atom is -0.349 e. The van der Waals surface area contributed by atoms with Crippen LogP contribution in [0.3, 0.4) is 0 Å². The lowest BCUT2D eigenvalue weighted by atomic mass is 10.1. The largest absolute Gasteiger partial charge is 0.349 e. The zero-order valence-corrected chi connectivity index (χ0v) is 11.8. The normalized spacial score (nSPS) is 17.0. The first kappa shape index (κ1) is 14.0. The molecule has 1 saturated carbocycles. The highest BCUT2D eigenvalue weighted by Gasteiger charge is 2.29. The highest BCUT2D eigenvalue weighted by atomic mass is 32.2. The zero-order chi connectivity index (χ0) is 14.2. The topological polar surface area (TPSA) is 89.3 Å². The molecule has 0 bridgehead atoms. The number of hydrogen-bond donors (Lipinski definition) is 2. The molecule has 0 saturated heterocycles. The van der Waals surface area contributed by atoms with Gasteiger partial charge in [-0.1, -0.05) is 6.07 Å². The van der Waals surface area contributed by atoms with Crippen molar-refractivity contribution in [1.29, 1.82) is 0 Å². The lowest BCUT2D eigenvalue weighted by Gasteiger charge is -2.13. The number of nitrogens with one attached hydrogen (secondary N) is 1. The van der Waals surface area contributed by atoms with Crippen LogP contribution in [0.25, 0.3) is 0 Å². The van der Waals surface area contributed by atoms with Gasteiger partial charge in [0.15, 0.2) is 0 Å². The van der Waals surface area contributed by atoms with Crippen LogP contribution in [-0.4, -0.2) is 20.4 Å². The summed E-state index contributed by atoms with van der Waals surface area (Å²) in [6, 6.07) is 4.65. The Labute approximate surface area is 113 Å². The van der Waals surface area contributed by atoms with Gasteiger partial charge in [-0.25, -0.2) is 13.6 Å². The number of nitrogens with two attached hydrogens (primary N) is 1. The average molecular weight is 282 g/mol. The summed E-state index contributed by atoms with van der Waals surface area (Å²) in [5.41, 5.74) is 0.858. The third-order valence-electron chi connectivity index (χ3n) is 3.44. The van der Waals surface area contributed by atoms with Gasteiger partial charge >= 0.3 is 0 Å². The lowest BCUT2D eigenvalue weighted by molar-refractivity contribution is 0.0935. The summed E-state index contributed by atoms with van der Waals surface area (Å²) in [4.78, 5) is 12.0. The van der Waals surface area contributed by atoms with Crippen molar-refractivity contribution in [2.45, 2.75) is 37.6 Å². The van der Waals surface area contributed by atoms with E-state index in [1.165, 1.54) is 6.07 Å². The molecule has 2 rings (SSSR count). The van der Waals surface area contributed by atoms with Gasteiger partial charge in [0.25, 0.3) is 5.91 Å². The molecule has 1 aromatic rings. The molecule has 1 atom stereocenters. The molecule has 19 heavy (non-hydrogen) atoms. The molecule has 1 amide bonds. The Hall–Kier alpha value is -1.40. The molecule has 1 aromatic carbocycles. The number of carbonyl (C=O) groups excluding carboxylic acids is 1. The van der Waals surface area contributed by atoms with Crippen molar-refractivity contribution in [3.8, 4) is 0 Å². The van der Waals surface area contributed by atoms with E-state index in [9.17, 15) is 13.2 Å². The van der Waals surface area contributed by atoms with Crippen LogP contribution in [-0.2, 0) is 10.0 Å². The van der Waals surface area contributed by atoms with Crippen molar-refractivity contribution in [1.82, 2.24) is 5.32 Å². The van der Waals surface area contributed by atoms with Crippen LogP contribution in [0.1, 0.15) is 35.7 Å². The van der Waals surface area contributed by atoms with Crippen molar-refractivity contribution in [3.05, 3.63) is 29.3 Å². The number of hydrogen-bond acceptors (Lipinski definition) is 3. The summed E-state index contributed by atoms with van der Waals surface area (Å²) >= 11 is 0. The van der Waals surface area contributed by atoms with Crippen LogP contribution in [0.4, 0.5) is 0 Å². The molecule has 3 N–H and O–H groups in total. The molecule has 0 heterocycles. The Balaban J connectivity index is 2.22. The molecule has 1 aliphatic rings. The van der Waals surface area contributed by atoms with Crippen LogP contribution >= 0.6 is 0 Å². The van der Waals surface area contributed by atoms with Crippen LogP contribution in [0, 0.1) is 12.8 Å². The van der Waals surface area contributed by atoms with Crippen molar-refractivity contribution >= 4 is 15.9 Å². The van der Waals surface area contributed by atoms with Gasteiger partial charge in [-0.05, 0) is 50.3 Å². The van der Waals surface area contributed by atoms with E-state index in [4.69, 9.17) is 5.14 Å². The number of primary sulfonamides is 1. The van der Waals surface area contributed by atoms with E-state index in [-0.39, 0.29) is 16.8 Å². The first-order valence-electron chi connectivity index (χ1n) is 6.23. The summed E-state index contributed by atoms with van der Waals surface area (Å²) in [6.45, 7) is 3.61. The van der Waals surface area contributed by atoms with Gasteiger partial charge in [0.2, 0.25) is 10.0 Å². The lowest BCUT2D eigenvalue weighted by Crippen LogP contribution is -2.34. The molecule has 6 heteroatoms. The summed E-state index contributed by atoms with van der Waals surface area (Å²) < 4.78 is 22.8. The molecular weight excluding hydrogens is 264 g/mol. The maximum Gasteiger partial charge on any atom is 0.251 e. The third kappa shape index (κ3) is 3.33. The monoisotopic (exact) mass is 282 g/mol. The Morgan fingerprint density at radius 2 is 2.05 bits per heavy atom. The van der Waals surface area contributed by atoms with Crippen molar-refractivity contribution < 1.29 is 13.2 Å². The second-order valence-electron chi connectivity index (χ2n) is 5.12. The molecule has 1 aliphatic carbocycles. The molecule has 1 unspecified atom stereocenters. The van der Waals surface area contributed by atoms with Crippen LogP contribution in [0.5, 0.6) is 0 Å². The molecule has 0 aliphatic heterocycles. The van der Waals surface area contributed by atoms with Crippen molar-refractivity contribution in [2.24, 2.45) is 11.1 Å². The first-order chi connectivity index (χ1) is 8.79. The molecule has 0 spiro atoms. The van der Waals surface area contributed by atoms with Gasteiger partial charge < -0.3 is 5.32 Å². The summed E-state index contributed by atoms with van der Waals surface area (Å²) in [7, 11) is -3.80. The predicted octanol–water partition coefficient (Wildman–Crippen LogP) is 1.17. The van der Waals surface area contributed by atoms with Gasteiger partial charge in [0.05, 0.1) is 4.90 Å². The van der Waals surface area contributed by atoms with Gasteiger partial charge in [-0.2, -0.15) is 0 Å². The molecule has 1 fully saturated rings. The van der Waals surface area contributed by atoms with Crippen molar-refractivity contribution in [2.75, 3.05) is 0 Å². The number of sulfonamides is 1. The first-order valence-corrected chi connectivity index (χ1v) is 7.78. The van der Waals surface area contributed by atoms with Gasteiger partial charge in [-0.15, -0.1) is 0 Å². The number of benzene rings is 1. The summed E-state index contributed by atoms with van der Waals surface area (Å²) in [6.07, 6.45) is 2.27. The molecular formula is C13H18N2O3S. The fourth-order valence-corrected chi connectivity index (χ4v) is 2.86. The smallest absolute Gasteiger partial charge is 0.251 e. The minimum atomic E-state index is -3.80. The average Bonchev–Trinajstić information content (AvgIpc) is 3.11. The summed E-state index contributed by atoms with van der Waals surface area (Å²) in [5, 5.41) is 8.01. The number of amides is 1. The number of aryl methyl sites for hydroxylation is 1. The van der Waals surface area contributed by atoms with Crippen LogP contribution < -0.4 is 10.5 Å². The third-order valence-corrected chi connectivity index (χ3v) is 4.50. The maximum atomic E-state index is 12.0.